The highest BCUT2D eigenvalue weighted by molar-refractivity contribution is 5.65. The van der Waals surface area contributed by atoms with Crippen LogP contribution in [0.5, 0.6) is 0 Å². The van der Waals surface area contributed by atoms with Crippen LogP contribution in [0.3, 0.4) is 0 Å². The molecule has 4 rings (SSSR count). The fraction of sp³-hybridized carbons (Fsp3) is 0.212. The minimum absolute atomic E-state index is 0.700. The summed E-state index contributed by atoms with van der Waals surface area (Å²) in [6.45, 7) is 4.31. The van der Waals surface area contributed by atoms with Gasteiger partial charge in [0.05, 0.1) is 23.3 Å². The van der Waals surface area contributed by atoms with Crippen LogP contribution < -0.4 is 0 Å². The molecule has 35 heavy (non-hydrogen) atoms. The lowest BCUT2D eigenvalue weighted by molar-refractivity contribution is 0.667. The molecule has 0 amide bonds. The Balaban J connectivity index is 0.000000203. The van der Waals surface area contributed by atoms with Crippen molar-refractivity contribution in [3.8, 4) is 34.4 Å². The second-order valence-electron chi connectivity index (χ2n) is 8.75. The molecule has 0 heterocycles. The van der Waals surface area contributed by atoms with Gasteiger partial charge >= 0.3 is 0 Å². The Kier molecular flexibility index (Phi) is 9.86. The van der Waals surface area contributed by atoms with Crippen LogP contribution in [0.1, 0.15) is 54.9 Å². The van der Waals surface area contributed by atoms with Gasteiger partial charge in [0.15, 0.2) is 0 Å². The van der Waals surface area contributed by atoms with Gasteiger partial charge in [0.2, 0.25) is 0 Å². The Hall–Kier alpha value is -4.14. The molecule has 0 aliphatic rings. The molecule has 4 aromatic carbocycles. The van der Waals surface area contributed by atoms with Crippen LogP contribution in [0.15, 0.2) is 97.1 Å². The van der Waals surface area contributed by atoms with Crippen molar-refractivity contribution in [2.24, 2.45) is 0 Å². The van der Waals surface area contributed by atoms with Crippen LogP contribution in [0.4, 0.5) is 0 Å². The zero-order valence-corrected chi connectivity index (χ0v) is 20.7. The molecule has 0 aliphatic heterocycles. The Morgan fingerprint density at radius 3 is 1.31 bits per heavy atom. The molecule has 4 aromatic rings. The Labute approximate surface area is 210 Å². The van der Waals surface area contributed by atoms with E-state index in [-0.39, 0.29) is 0 Å². The summed E-state index contributed by atoms with van der Waals surface area (Å²) in [5, 5.41) is 17.5. The smallest absolute Gasteiger partial charge is 0.0991 e. The van der Waals surface area contributed by atoms with Gasteiger partial charge in [0, 0.05) is 0 Å². The summed E-state index contributed by atoms with van der Waals surface area (Å²) < 4.78 is 0. The van der Waals surface area contributed by atoms with Gasteiger partial charge in [-0.2, -0.15) is 10.5 Å². The lowest BCUT2D eigenvalue weighted by Crippen LogP contribution is -1.86. The summed E-state index contributed by atoms with van der Waals surface area (Å²) in [7, 11) is 0. The molecule has 0 N–H and O–H groups in total. The number of nitrogens with zero attached hydrogens (tertiary/aromatic N) is 2. The van der Waals surface area contributed by atoms with E-state index in [0.29, 0.717) is 11.1 Å². The van der Waals surface area contributed by atoms with E-state index >= 15 is 0 Å². The van der Waals surface area contributed by atoms with E-state index in [1.165, 1.54) is 59.9 Å². The van der Waals surface area contributed by atoms with E-state index < -0.39 is 0 Å². The second-order valence-corrected chi connectivity index (χ2v) is 8.75. The molecule has 2 heteroatoms. The van der Waals surface area contributed by atoms with Crippen LogP contribution >= 0.6 is 0 Å². The molecule has 0 saturated heterocycles. The van der Waals surface area contributed by atoms with E-state index in [1.54, 1.807) is 0 Å². The zero-order chi connectivity index (χ0) is 24.9. The predicted molar refractivity (Wildman–Crippen MR) is 146 cm³/mol. The fourth-order valence-corrected chi connectivity index (χ4v) is 3.84. The number of benzene rings is 4. The molecule has 0 unspecified atom stereocenters. The van der Waals surface area contributed by atoms with Crippen molar-refractivity contribution in [1.82, 2.24) is 0 Å². The first-order chi connectivity index (χ1) is 17.1. The van der Waals surface area contributed by atoms with Crippen LogP contribution in [0.2, 0.25) is 0 Å². The van der Waals surface area contributed by atoms with Crippen molar-refractivity contribution in [1.29, 1.82) is 10.5 Å². The van der Waals surface area contributed by atoms with Gasteiger partial charge in [-0.3, -0.25) is 0 Å². The molecule has 0 atom stereocenters. The van der Waals surface area contributed by atoms with E-state index in [2.05, 4.69) is 74.5 Å². The van der Waals surface area contributed by atoms with E-state index in [1.807, 2.05) is 48.5 Å². The second kappa shape index (κ2) is 13.5. The first kappa shape index (κ1) is 25.5. The minimum Gasteiger partial charge on any atom is -0.192 e. The normalized spacial score (nSPS) is 9.94. The molecular formula is C33H32N2. The van der Waals surface area contributed by atoms with Crippen molar-refractivity contribution in [2.45, 2.75) is 46.0 Å². The van der Waals surface area contributed by atoms with Crippen molar-refractivity contribution in [3.63, 3.8) is 0 Å². The molecule has 2 nitrogen and oxygen atoms in total. The third-order valence-corrected chi connectivity index (χ3v) is 6.02. The van der Waals surface area contributed by atoms with Crippen molar-refractivity contribution < 1.29 is 0 Å². The van der Waals surface area contributed by atoms with Gasteiger partial charge < -0.3 is 0 Å². The van der Waals surface area contributed by atoms with Crippen LogP contribution in [-0.2, 0) is 6.42 Å². The number of hydrogen-bond acceptors (Lipinski definition) is 2. The van der Waals surface area contributed by atoms with E-state index in [0.717, 1.165) is 5.56 Å². The van der Waals surface area contributed by atoms with E-state index in [4.69, 9.17) is 10.5 Å². The molecule has 0 fully saturated rings. The lowest BCUT2D eigenvalue weighted by Gasteiger charge is -2.05. The van der Waals surface area contributed by atoms with Crippen LogP contribution in [-0.4, -0.2) is 0 Å². The van der Waals surface area contributed by atoms with E-state index in [9.17, 15) is 0 Å². The van der Waals surface area contributed by atoms with Gasteiger partial charge in [0.25, 0.3) is 0 Å². The Morgan fingerprint density at radius 2 is 0.914 bits per heavy atom. The first-order valence-electron chi connectivity index (χ1n) is 12.3. The van der Waals surface area contributed by atoms with Gasteiger partial charge in [-0.15, -0.1) is 0 Å². The lowest BCUT2D eigenvalue weighted by atomic mass is 10.0. The summed E-state index contributed by atoms with van der Waals surface area (Å²) >= 11 is 0. The number of unbranched alkanes of at least 4 members (excludes halogenated alkanes) is 3. The SMILES string of the molecule is CCCCCCc1ccc(-c2ccc(C#N)cc2)cc1.Cc1ccc(-c2ccc(C#N)cc2)cc1. The fourth-order valence-electron chi connectivity index (χ4n) is 3.84. The molecule has 0 aliphatic carbocycles. The van der Waals surface area contributed by atoms with Crippen molar-refractivity contribution in [2.75, 3.05) is 0 Å². The number of nitriles is 2. The summed E-state index contributed by atoms with van der Waals surface area (Å²) in [6.07, 6.45) is 6.41. The largest absolute Gasteiger partial charge is 0.192 e. The highest BCUT2D eigenvalue weighted by Gasteiger charge is 2.00. The Bertz CT molecular complexity index is 1250. The molecule has 0 spiro atoms. The van der Waals surface area contributed by atoms with Crippen LogP contribution in [0.25, 0.3) is 22.3 Å². The maximum atomic E-state index is 8.81. The van der Waals surface area contributed by atoms with Gasteiger partial charge in [-0.1, -0.05) is 105 Å². The average molecular weight is 457 g/mol. The minimum atomic E-state index is 0.700. The van der Waals surface area contributed by atoms with Crippen molar-refractivity contribution >= 4 is 0 Å². The summed E-state index contributed by atoms with van der Waals surface area (Å²) in [5.41, 5.74) is 8.80. The van der Waals surface area contributed by atoms with Gasteiger partial charge in [0.1, 0.15) is 0 Å². The van der Waals surface area contributed by atoms with Gasteiger partial charge in [-0.25, -0.2) is 0 Å². The van der Waals surface area contributed by atoms with Crippen molar-refractivity contribution in [3.05, 3.63) is 119 Å². The molecular weight excluding hydrogens is 424 g/mol. The summed E-state index contributed by atoms with van der Waals surface area (Å²) in [4.78, 5) is 0. The van der Waals surface area contributed by atoms with Gasteiger partial charge in [-0.05, 0) is 71.8 Å². The molecule has 0 saturated carbocycles. The highest BCUT2D eigenvalue weighted by atomic mass is 14.2. The topological polar surface area (TPSA) is 47.6 Å². The standard InChI is InChI=1S/C19H21N.C14H11N/c1-2-3-4-5-6-16-7-11-18(12-8-16)19-13-9-17(15-20)10-14-19;1-11-2-6-13(7-3-11)14-8-4-12(10-15)5-9-14/h7-14H,2-6H2,1H3;2-9H,1H3. The molecule has 174 valence electrons. The third kappa shape index (κ3) is 7.99. The third-order valence-electron chi connectivity index (χ3n) is 6.02. The highest BCUT2D eigenvalue weighted by Crippen LogP contribution is 2.21. The zero-order valence-electron chi connectivity index (χ0n) is 20.7. The quantitative estimate of drug-likeness (QED) is 0.261. The number of aryl methyl sites for hydroxylation is 2. The molecule has 0 aromatic heterocycles. The maximum Gasteiger partial charge on any atom is 0.0991 e. The molecule has 0 bridgehead atoms. The number of rotatable bonds is 7. The average Bonchev–Trinajstić information content (AvgIpc) is 2.92. The molecule has 0 radical (unpaired) electrons. The van der Waals surface area contributed by atoms with Crippen LogP contribution in [0, 0.1) is 29.6 Å². The number of hydrogen-bond donors (Lipinski definition) is 0. The Morgan fingerprint density at radius 1 is 0.514 bits per heavy atom. The monoisotopic (exact) mass is 456 g/mol. The summed E-state index contributed by atoms with van der Waals surface area (Å²) in [5.74, 6) is 0. The first-order valence-corrected chi connectivity index (χ1v) is 12.3. The maximum absolute atomic E-state index is 8.81. The predicted octanol–water partition coefficient (Wildman–Crippen LogP) is 8.88. The summed E-state index contributed by atoms with van der Waals surface area (Å²) in [6, 6.07) is 36.8.